The fraction of sp³-hybridized carbons (Fsp3) is 0.294. The molecule has 0 saturated carbocycles. The van der Waals surface area contributed by atoms with Gasteiger partial charge in [-0.2, -0.15) is 5.06 Å². The van der Waals surface area contributed by atoms with Crippen molar-refractivity contribution in [1.29, 1.82) is 0 Å². The van der Waals surface area contributed by atoms with E-state index >= 15 is 0 Å². The molecule has 0 bridgehead atoms. The number of rotatable bonds is 5. The van der Waals surface area contributed by atoms with Crippen LogP contribution in [-0.2, 0) is 9.63 Å². The number of aromatic nitrogens is 1. The van der Waals surface area contributed by atoms with E-state index in [0.717, 1.165) is 0 Å². The van der Waals surface area contributed by atoms with Gasteiger partial charge < -0.3 is 9.47 Å². The number of halogens is 2. The Balaban J connectivity index is 1.82. The first-order chi connectivity index (χ1) is 12.1. The lowest BCUT2D eigenvalue weighted by Gasteiger charge is -2.26. The van der Waals surface area contributed by atoms with E-state index in [0.29, 0.717) is 10.8 Å². The SMILES string of the molecule is CCC(=O)N1OCC(Oc2ncc(Cl)cc2Cl)C1Oc1ccccc1. The van der Waals surface area contributed by atoms with Crippen molar-refractivity contribution in [3.8, 4) is 11.6 Å². The van der Waals surface area contributed by atoms with Crippen LogP contribution in [0.15, 0.2) is 42.6 Å². The van der Waals surface area contributed by atoms with Crippen LogP contribution in [0.2, 0.25) is 10.0 Å². The number of benzene rings is 1. The zero-order valence-corrected chi connectivity index (χ0v) is 14.9. The molecule has 1 aliphatic rings. The Kier molecular flexibility index (Phi) is 5.63. The second-order valence-electron chi connectivity index (χ2n) is 5.29. The van der Waals surface area contributed by atoms with Crippen LogP contribution in [0.3, 0.4) is 0 Å². The van der Waals surface area contributed by atoms with Gasteiger partial charge in [0.2, 0.25) is 18.0 Å². The summed E-state index contributed by atoms with van der Waals surface area (Å²) < 4.78 is 11.7. The zero-order valence-electron chi connectivity index (χ0n) is 13.4. The quantitative estimate of drug-likeness (QED) is 0.788. The molecular weight excluding hydrogens is 367 g/mol. The Bertz CT molecular complexity index is 745. The molecule has 0 spiro atoms. The van der Waals surface area contributed by atoms with Gasteiger partial charge in [0.25, 0.3) is 0 Å². The summed E-state index contributed by atoms with van der Waals surface area (Å²) in [5.41, 5.74) is 0. The van der Waals surface area contributed by atoms with Crippen molar-refractivity contribution in [1.82, 2.24) is 10.0 Å². The van der Waals surface area contributed by atoms with Crippen molar-refractivity contribution >= 4 is 29.1 Å². The summed E-state index contributed by atoms with van der Waals surface area (Å²) in [6.07, 6.45) is 0.354. The van der Waals surface area contributed by atoms with Crippen LogP contribution in [-0.4, -0.2) is 34.9 Å². The molecule has 1 saturated heterocycles. The van der Waals surface area contributed by atoms with Crippen LogP contribution >= 0.6 is 23.2 Å². The molecule has 0 aliphatic carbocycles. The standard InChI is InChI=1S/C17H16Cl2N2O4/c1-2-15(22)21-17(24-12-6-4-3-5-7-12)14(10-23-21)25-16-13(19)8-11(18)9-20-16/h3-9,14,17H,2,10H2,1H3. The summed E-state index contributed by atoms with van der Waals surface area (Å²) in [4.78, 5) is 21.7. The van der Waals surface area contributed by atoms with E-state index in [2.05, 4.69) is 4.98 Å². The number of hydrogen-bond donors (Lipinski definition) is 0. The Hall–Kier alpha value is -2.02. The molecule has 0 N–H and O–H groups in total. The van der Waals surface area contributed by atoms with Crippen LogP contribution < -0.4 is 9.47 Å². The fourth-order valence-corrected chi connectivity index (χ4v) is 2.74. The Morgan fingerprint density at radius 2 is 2.08 bits per heavy atom. The molecule has 0 radical (unpaired) electrons. The maximum absolute atomic E-state index is 12.1. The maximum Gasteiger partial charge on any atom is 0.249 e. The normalized spacial score (nSPS) is 19.7. The number of pyridine rings is 1. The molecule has 1 amide bonds. The highest BCUT2D eigenvalue weighted by atomic mass is 35.5. The monoisotopic (exact) mass is 382 g/mol. The molecule has 1 fully saturated rings. The molecule has 1 aromatic heterocycles. The number of ether oxygens (including phenoxy) is 2. The average molecular weight is 383 g/mol. The van der Waals surface area contributed by atoms with E-state index in [9.17, 15) is 4.79 Å². The highest BCUT2D eigenvalue weighted by Crippen LogP contribution is 2.29. The van der Waals surface area contributed by atoms with E-state index in [1.165, 1.54) is 17.3 Å². The summed E-state index contributed by atoms with van der Waals surface area (Å²) in [6, 6.07) is 10.7. The summed E-state index contributed by atoms with van der Waals surface area (Å²) in [5, 5.41) is 1.87. The van der Waals surface area contributed by atoms with Crippen molar-refractivity contribution in [2.75, 3.05) is 6.61 Å². The third-order valence-corrected chi connectivity index (χ3v) is 3.99. The minimum absolute atomic E-state index is 0.129. The molecule has 1 aromatic carbocycles. The largest absolute Gasteiger partial charge is 0.465 e. The Morgan fingerprint density at radius 1 is 1.32 bits per heavy atom. The number of nitrogens with zero attached hydrogens (tertiary/aromatic N) is 2. The third kappa shape index (κ3) is 4.15. The van der Waals surface area contributed by atoms with E-state index in [1.807, 2.05) is 18.2 Å². The predicted molar refractivity (Wildman–Crippen MR) is 92.6 cm³/mol. The van der Waals surface area contributed by atoms with Gasteiger partial charge in [-0.05, 0) is 18.2 Å². The number of para-hydroxylation sites is 1. The van der Waals surface area contributed by atoms with Gasteiger partial charge in [0.1, 0.15) is 17.4 Å². The molecular formula is C17H16Cl2N2O4. The lowest BCUT2D eigenvalue weighted by atomic mass is 10.3. The number of carbonyl (C=O) groups excluding carboxylic acids is 1. The molecule has 3 rings (SSSR count). The molecule has 132 valence electrons. The molecule has 2 heterocycles. The average Bonchev–Trinajstić information content (AvgIpc) is 3.00. The number of hydrogen-bond acceptors (Lipinski definition) is 5. The lowest BCUT2D eigenvalue weighted by Crippen LogP contribution is -2.45. The molecule has 25 heavy (non-hydrogen) atoms. The van der Waals surface area contributed by atoms with Crippen molar-refractivity contribution in [2.45, 2.75) is 25.7 Å². The maximum atomic E-state index is 12.1. The molecule has 2 atom stereocenters. The third-order valence-electron chi connectivity index (χ3n) is 3.51. The molecule has 1 aliphatic heterocycles. The van der Waals surface area contributed by atoms with Crippen molar-refractivity contribution in [3.05, 3.63) is 52.6 Å². The van der Waals surface area contributed by atoms with E-state index in [-0.39, 0.29) is 29.8 Å². The number of amides is 1. The Labute approximate surface area is 155 Å². The summed E-state index contributed by atoms with van der Waals surface area (Å²) in [6.45, 7) is 1.88. The van der Waals surface area contributed by atoms with Gasteiger partial charge in [-0.15, -0.1) is 0 Å². The molecule has 2 aromatic rings. The van der Waals surface area contributed by atoms with Gasteiger partial charge in [0, 0.05) is 12.6 Å². The van der Waals surface area contributed by atoms with Crippen molar-refractivity contribution in [3.63, 3.8) is 0 Å². The minimum atomic E-state index is -0.761. The second-order valence-corrected chi connectivity index (χ2v) is 6.13. The van der Waals surface area contributed by atoms with Crippen LogP contribution in [0.4, 0.5) is 0 Å². The second kappa shape index (κ2) is 7.91. The van der Waals surface area contributed by atoms with Crippen molar-refractivity contribution in [2.24, 2.45) is 0 Å². The highest BCUT2D eigenvalue weighted by Gasteiger charge is 2.42. The van der Waals surface area contributed by atoms with Crippen LogP contribution in [0.1, 0.15) is 13.3 Å². The molecule has 2 unspecified atom stereocenters. The fourth-order valence-electron chi connectivity index (χ4n) is 2.32. The van der Waals surface area contributed by atoms with Crippen molar-refractivity contribution < 1.29 is 19.1 Å². The van der Waals surface area contributed by atoms with Gasteiger partial charge >= 0.3 is 0 Å². The minimum Gasteiger partial charge on any atom is -0.465 e. The van der Waals surface area contributed by atoms with Gasteiger partial charge in [-0.25, -0.2) is 4.98 Å². The van der Waals surface area contributed by atoms with E-state index < -0.39 is 12.3 Å². The first-order valence-corrected chi connectivity index (χ1v) is 8.48. The van der Waals surface area contributed by atoms with Crippen LogP contribution in [0.25, 0.3) is 0 Å². The van der Waals surface area contributed by atoms with Gasteiger partial charge in [0.15, 0.2) is 6.10 Å². The molecule has 8 heteroatoms. The smallest absolute Gasteiger partial charge is 0.249 e. The van der Waals surface area contributed by atoms with Gasteiger partial charge in [-0.3, -0.25) is 9.63 Å². The topological polar surface area (TPSA) is 60.9 Å². The van der Waals surface area contributed by atoms with Gasteiger partial charge in [0.05, 0.1) is 5.02 Å². The van der Waals surface area contributed by atoms with E-state index in [4.69, 9.17) is 37.5 Å². The highest BCUT2D eigenvalue weighted by molar-refractivity contribution is 6.35. The molecule has 6 nitrogen and oxygen atoms in total. The first kappa shape index (κ1) is 17.8. The summed E-state index contributed by atoms with van der Waals surface area (Å²) in [5.74, 6) is 0.588. The lowest BCUT2D eigenvalue weighted by molar-refractivity contribution is -0.193. The summed E-state index contributed by atoms with van der Waals surface area (Å²) >= 11 is 12.0. The first-order valence-electron chi connectivity index (χ1n) is 7.73. The Morgan fingerprint density at radius 3 is 2.76 bits per heavy atom. The van der Waals surface area contributed by atoms with Gasteiger partial charge in [-0.1, -0.05) is 48.3 Å². The van der Waals surface area contributed by atoms with Crippen LogP contribution in [0.5, 0.6) is 11.6 Å². The van der Waals surface area contributed by atoms with Crippen LogP contribution in [0, 0.1) is 0 Å². The zero-order chi connectivity index (χ0) is 17.8. The van der Waals surface area contributed by atoms with E-state index in [1.54, 1.807) is 19.1 Å². The predicted octanol–water partition coefficient (Wildman–Crippen LogP) is 3.72. The number of hydroxylamine groups is 2. The summed E-state index contributed by atoms with van der Waals surface area (Å²) in [7, 11) is 0. The number of carbonyl (C=O) groups is 1.